The monoisotopic (exact) mass is 429 g/mol. The second kappa shape index (κ2) is 9.69. The maximum Gasteiger partial charge on any atom is 0.142 e. The number of rotatable bonds is 10. The molecule has 1 heterocycles. The van der Waals surface area contributed by atoms with Crippen molar-refractivity contribution in [2.75, 3.05) is 32.6 Å². The molecule has 0 amide bonds. The summed E-state index contributed by atoms with van der Waals surface area (Å²) in [5.41, 5.74) is 5.98. The average molecular weight is 430 g/mol. The van der Waals surface area contributed by atoms with Crippen molar-refractivity contribution in [3.63, 3.8) is 0 Å². The van der Waals surface area contributed by atoms with Crippen LogP contribution in [0.25, 0.3) is 10.9 Å². The molecule has 0 aliphatic heterocycles. The summed E-state index contributed by atoms with van der Waals surface area (Å²) in [6, 6.07) is 14.2. The van der Waals surface area contributed by atoms with Gasteiger partial charge in [0.15, 0.2) is 0 Å². The Balaban J connectivity index is 1.55. The Hall–Kier alpha value is -3.60. The highest BCUT2D eigenvalue weighted by atomic mass is 16.5. The van der Waals surface area contributed by atoms with E-state index in [2.05, 4.69) is 71.2 Å². The number of allylic oxidation sites excluding steroid dienone is 3. The quantitative estimate of drug-likeness (QED) is 0.427. The first-order valence-corrected chi connectivity index (χ1v) is 10.9. The average Bonchev–Trinajstić information content (AvgIpc) is 3.43. The standard InChI is InChI=1S/C27H31N3O2/c1-19-23(24-11-7-8-12-25(24)28-19)15-16-30(18-21-9-5-6-10-21)20(2)29-26-17-22(31-3)13-14-27(26)32-4/h5-9,11-14,17,28-29H,2,10,15-16,18H2,1,3-4H3. The van der Waals surface area contributed by atoms with E-state index < -0.39 is 0 Å². The lowest BCUT2D eigenvalue weighted by atomic mass is 10.1. The number of nitrogens with zero attached hydrogens (tertiary/aromatic N) is 1. The Morgan fingerprint density at radius 3 is 2.75 bits per heavy atom. The number of aromatic amines is 1. The van der Waals surface area contributed by atoms with E-state index in [0.717, 1.165) is 48.9 Å². The number of fused-ring (bicyclic) bond motifs is 1. The van der Waals surface area contributed by atoms with Gasteiger partial charge in [0.25, 0.3) is 0 Å². The van der Waals surface area contributed by atoms with Crippen molar-refractivity contribution in [2.45, 2.75) is 19.8 Å². The Labute approximate surface area is 190 Å². The van der Waals surface area contributed by atoms with Crippen LogP contribution in [0.4, 0.5) is 5.69 Å². The van der Waals surface area contributed by atoms with Crippen molar-refractivity contribution < 1.29 is 9.47 Å². The molecule has 2 N–H and O–H groups in total. The second-order valence-electron chi connectivity index (χ2n) is 8.04. The number of para-hydroxylation sites is 1. The number of hydrogen-bond acceptors (Lipinski definition) is 4. The van der Waals surface area contributed by atoms with Crippen LogP contribution in [0.1, 0.15) is 17.7 Å². The molecule has 0 bridgehead atoms. The highest BCUT2D eigenvalue weighted by Gasteiger charge is 2.16. The molecule has 1 aromatic heterocycles. The van der Waals surface area contributed by atoms with Gasteiger partial charge in [0.1, 0.15) is 11.5 Å². The first kappa shape index (κ1) is 21.6. The van der Waals surface area contributed by atoms with Crippen molar-refractivity contribution in [1.29, 1.82) is 0 Å². The predicted octanol–water partition coefficient (Wildman–Crippen LogP) is 5.81. The number of nitrogens with one attached hydrogen (secondary N) is 2. The summed E-state index contributed by atoms with van der Waals surface area (Å²) in [6.45, 7) is 8.19. The van der Waals surface area contributed by atoms with Crippen LogP contribution in [-0.4, -0.2) is 37.2 Å². The summed E-state index contributed by atoms with van der Waals surface area (Å²) >= 11 is 0. The maximum atomic E-state index is 5.54. The number of hydrogen-bond donors (Lipinski definition) is 2. The van der Waals surface area contributed by atoms with Crippen molar-refractivity contribution >= 4 is 16.6 Å². The van der Waals surface area contributed by atoms with Gasteiger partial charge in [0, 0.05) is 35.8 Å². The van der Waals surface area contributed by atoms with Crippen LogP contribution in [0, 0.1) is 6.92 Å². The van der Waals surface area contributed by atoms with Gasteiger partial charge < -0.3 is 24.7 Å². The minimum absolute atomic E-state index is 0.751. The van der Waals surface area contributed by atoms with Gasteiger partial charge in [-0.25, -0.2) is 0 Å². The molecule has 1 aliphatic rings. The molecule has 0 saturated carbocycles. The second-order valence-corrected chi connectivity index (χ2v) is 8.04. The Morgan fingerprint density at radius 2 is 2.00 bits per heavy atom. The van der Waals surface area contributed by atoms with Gasteiger partial charge in [-0.3, -0.25) is 0 Å². The molecular weight excluding hydrogens is 398 g/mol. The van der Waals surface area contributed by atoms with Crippen LogP contribution < -0.4 is 14.8 Å². The lowest BCUT2D eigenvalue weighted by Gasteiger charge is -2.29. The summed E-state index contributed by atoms with van der Waals surface area (Å²) < 4.78 is 10.9. The molecule has 0 unspecified atom stereocenters. The summed E-state index contributed by atoms with van der Waals surface area (Å²) in [7, 11) is 3.33. The molecule has 2 aromatic carbocycles. The molecule has 0 fully saturated rings. The number of methoxy groups -OCH3 is 2. The fourth-order valence-corrected chi connectivity index (χ4v) is 4.21. The third kappa shape index (κ3) is 4.67. The minimum Gasteiger partial charge on any atom is -0.497 e. The van der Waals surface area contributed by atoms with Crippen molar-refractivity contribution in [3.05, 3.63) is 89.9 Å². The topological polar surface area (TPSA) is 49.5 Å². The van der Waals surface area contributed by atoms with E-state index in [-0.39, 0.29) is 0 Å². The number of H-pyrrole nitrogens is 1. The molecule has 166 valence electrons. The number of aryl methyl sites for hydroxylation is 1. The van der Waals surface area contributed by atoms with Crippen molar-refractivity contribution in [2.24, 2.45) is 0 Å². The van der Waals surface area contributed by atoms with Gasteiger partial charge in [-0.15, -0.1) is 0 Å². The maximum absolute atomic E-state index is 5.54. The zero-order valence-corrected chi connectivity index (χ0v) is 19.1. The number of benzene rings is 2. The molecule has 4 rings (SSSR count). The molecule has 32 heavy (non-hydrogen) atoms. The molecule has 1 aliphatic carbocycles. The van der Waals surface area contributed by atoms with Gasteiger partial charge in [-0.1, -0.05) is 43.0 Å². The third-order valence-electron chi connectivity index (χ3n) is 5.97. The van der Waals surface area contributed by atoms with E-state index in [1.54, 1.807) is 14.2 Å². The Bertz CT molecular complexity index is 1170. The normalized spacial score (nSPS) is 12.7. The molecule has 0 spiro atoms. The third-order valence-corrected chi connectivity index (χ3v) is 5.97. The van der Waals surface area contributed by atoms with Crippen LogP contribution in [0.5, 0.6) is 11.5 Å². The summed E-state index contributed by atoms with van der Waals surface area (Å²) in [5.74, 6) is 2.35. The molecule has 5 nitrogen and oxygen atoms in total. The first-order chi connectivity index (χ1) is 15.6. The Kier molecular flexibility index (Phi) is 6.55. The summed E-state index contributed by atoms with van der Waals surface area (Å²) in [5, 5.41) is 4.75. The van der Waals surface area contributed by atoms with Gasteiger partial charge >= 0.3 is 0 Å². The zero-order valence-electron chi connectivity index (χ0n) is 19.1. The van der Waals surface area contributed by atoms with Crippen LogP contribution in [0.2, 0.25) is 0 Å². The molecule has 3 aromatic rings. The molecule has 5 heteroatoms. The lowest BCUT2D eigenvalue weighted by molar-refractivity contribution is 0.378. The van der Waals surface area contributed by atoms with E-state index in [4.69, 9.17) is 9.47 Å². The highest BCUT2D eigenvalue weighted by Crippen LogP contribution is 2.31. The van der Waals surface area contributed by atoms with Crippen molar-refractivity contribution in [1.82, 2.24) is 9.88 Å². The molecule has 0 saturated heterocycles. The lowest BCUT2D eigenvalue weighted by Crippen LogP contribution is -2.30. The fourth-order valence-electron chi connectivity index (χ4n) is 4.21. The van der Waals surface area contributed by atoms with E-state index in [1.165, 1.54) is 27.7 Å². The zero-order chi connectivity index (χ0) is 22.5. The van der Waals surface area contributed by atoms with Gasteiger partial charge in [-0.05, 0) is 49.1 Å². The first-order valence-electron chi connectivity index (χ1n) is 10.9. The fraction of sp³-hybridized carbons (Fsp3) is 0.259. The van der Waals surface area contributed by atoms with E-state index in [9.17, 15) is 0 Å². The van der Waals surface area contributed by atoms with Gasteiger partial charge in [0.2, 0.25) is 0 Å². The smallest absolute Gasteiger partial charge is 0.142 e. The van der Waals surface area contributed by atoms with E-state index in [0.29, 0.717) is 0 Å². The summed E-state index contributed by atoms with van der Waals surface area (Å²) in [4.78, 5) is 5.82. The van der Waals surface area contributed by atoms with Crippen molar-refractivity contribution in [3.8, 4) is 11.5 Å². The van der Waals surface area contributed by atoms with Crippen LogP contribution >= 0.6 is 0 Å². The SMILES string of the molecule is C=C(Nc1cc(OC)ccc1OC)N(CCc1c(C)[nH]c2ccccc12)CC1=CC=CC1. The largest absolute Gasteiger partial charge is 0.497 e. The minimum atomic E-state index is 0.751. The number of aromatic nitrogens is 1. The molecule has 0 atom stereocenters. The van der Waals surface area contributed by atoms with Gasteiger partial charge in [-0.2, -0.15) is 0 Å². The van der Waals surface area contributed by atoms with Crippen LogP contribution in [0.15, 0.2) is 78.7 Å². The van der Waals surface area contributed by atoms with Crippen LogP contribution in [0.3, 0.4) is 0 Å². The van der Waals surface area contributed by atoms with Gasteiger partial charge in [0.05, 0.1) is 25.7 Å². The van der Waals surface area contributed by atoms with E-state index >= 15 is 0 Å². The predicted molar refractivity (Wildman–Crippen MR) is 132 cm³/mol. The molecular formula is C27H31N3O2. The highest BCUT2D eigenvalue weighted by molar-refractivity contribution is 5.84. The summed E-state index contributed by atoms with van der Waals surface area (Å²) in [6.07, 6.45) is 8.42. The number of anilines is 1. The van der Waals surface area contributed by atoms with E-state index in [1.807, 2.05) is 18.2 Å². The molecule has 0 radical (unpaired) electrons. The number of ether oxygens (including phenoxy) is 2. The Morgan fingerprint density at radius 1 is 1.16 bits per heavy atom. The van der Waals surface area contributed by atoms with Crippen LogP contribution in [-0.2, 0) is 6.42 Å².